The van der Waals surface area contributed by atoms with E-state index in [0.29, 0.717) is 12.5 Å². The van der Waals surface area contributed by atoms with Crippen molar-refractivity contribution in [3.63, 3.8) is 0 Å². The second kappa shape index (κ2) is 4.86. The van der Waals surface area contributed by atoms with Crippen LogP contribution in [0.1, 0.15) is 32.1 Å². The zero-order valence-electron chi connectivity index (χ0n) is 10.1. The van der Waals surface area contributed by atoms with Gasteiger partial charge in [-0.3, -0.25) is 4.90 Å². The molecule has 3 N–H and O–H groups in total. The van der Waals surface area contributed by atoms with Crippen molar-refractivity contribution in [2.24, 2.45) is 11.7 Å². The monoisotopic (exact) mass is 224 g/mol. The normalized spacial score (nSPS) is 35.8. The molecule has 2 fully saturated rings. The van der Waals surface area contributed by atoms with Crippen molar-refractivity contribution in [3.8, 4) is 0 Å². The fraction of sp³-hybridized carbons (Fsp3) is 0.846. The molecule has 1 aliphatic carbocycles. The van der Waals surface area contributed by atoms with Crippen LogP contribution in [-0.2, 0) is 0 Å². The number of piperidine rings is 1. The highest BCUT2D eigenvalue weighted by atomic mass is 16.3. The van der Waals surface area contributed by atoms with Crippen LogP contribution in [0.4, 0.5) is 0 Å². The second-order valence-corrected chi connectivity index (χ2v) is 5.49. The number of nitrogens with zero attached hydrogens (tertiary/aromatic N) is 1. The van der Waals surface area contributed by atoms with Crippen LogP contribution < -0.4 is 5.73 Å². The van der Waals surface area contributed by atoms with Gasteiger partial charge < -0.3 is 10.8 Å². The minimum absolute atomic E-state index is 0.362. The van der Waals surface area contributed by atoms with E-state index in [1.54, 1.807) is 0 Å². The molecule has 3 nitrogen and oxygen atoms in total. The maximum absolute atomic E-state index is 10.5. The van der Waals surface area contributed by atoms with E-state index in [1.807, 2.05) is 0 Å². The summed E-state index contributed by atoms with van der Waals surface area (Å²) in [5.41, 5.74) is 6.31. The summed E-state index contributed by atoms with van der Waals surface area (Å²) in [7, 11) is 0. The molecular weight excluding hydrogens is 200 g/mol. The predicted octanol–water partition coefficient (Wildman–Crippen LogP) is 1.13. The van der Waals surface area contributed by atoms with Crippen LogP contribution in [-0.4, -0.2) is 41.8 Å². The molecular formula is C13H24N2O. The van der Waals surface area contributed by atoms with Gasteiger partial charge in [-0.25, -0.2) is 0 Å². The molecule has 0 aromatic heterocycles. The molecule has 2 rings (SSSR count). The first-order chi connectivity index (χ1) is 7.64. The average Bonchev–Trinajstić information content (AvgIpc) is 2.29. The Hall–Kier alpha value is -0.380. The molecule has 0 amide bonds. The fourth-order valence-electron chi connectivity index (χ4n) is 3.16. The Morgan fingerprint density at radius 3 is 3.00 bits per heavy atom. The van der Waals surface area contributed by atoms with Crippen molar-refractivity contribution >= 4 is 0 Å². The predicted molar refractivity (Wildman–Crippen MR) is 66.2 cm³/mol. The van der Waals surface area contributed by atoms with E-state index in [4.69, 9.17) is 5.73 Å². The number of hydrogen-bond donors (Lipinski definition) is 2. The molecule has 92 valence electrons. The third-order valence-corrected chi connectivity index (χ3v) is 4.25. The average molecular weight is 224 g/mol. The van der Waals surface area contributed by atoms with Gasteiger partial charge in [0.25, 0.3) is 0 Å². The van der Waals surface area contributed by atoms with Crippen LogP contribution in [0, 0.1) is 5.92 Å². The molecule has 3 heteroatoms. The molecule has 0 spiro atoms. The van der Waals surface area contributed by atoms with Crippen LogP contribution in [0.5, 0.6) is 0 Å². The van der Waals surface area contributed by atoms with Crippen molar-refractivity contribution in [2.75, 3.05) is 26.2 Å². The van der Waals surface area contributed by atoms with Gasteiger partial charge in [-0.15, -0.1) is 0 Å². The van der Waals surface area contributed by atoms with E-state index in [0.717, 1.165) is 38.0 Å². The Bertz CT molecular complexity index is 267. The lowest BCUT2D eigenvalue weighted by Gasteiger charge is -2.47. The van der Waals surface area contributed by atoms with Crippen molar-refractivity contribution in [1.82, 2.24) is 4.90 Å². The largest absolute Gasteiger partial charge is 0.390 e. The standard InChI is InChI=1S/C13H24N2O/c1-11(8-14)9-15-7-6-13(16)5-3-2-4-12(13)10-15/h12,16H,1-10,14H2. The molecule has 0 bridgehead atoms. The molecule has 1 saturated heterocycles. The van der Waals surface area contributed by atoms with E-state index in [2.05, 4.69) is 11.5 Å². The van der Waals surface area contributed by atoms with Gasteiger partial charge >= 0.3 is 0 Å². The number of nitrogens with two attached hydrogens (primary N) is 1. The molecule has 1 heterocycles. The third kappa shape index (κ3) is 2.47. The number of likely N-dealkylation sites (tertiary alicyclic amines) is 1. The van der Waals surface area contributed by atoms with Crippen molar-refractivity contribution in [1.29, 1.82) is 0 Å². The number of aliphatic hydroxyl groups is 1. The summed E-state index contributed by atoms with van der Waals surface area (Å²) < 4.78 is 0. The summed E-state index contributed by atoms with van der Waals surface area (Å²) >= 11 is 0. The summed E-state index contributed by atoms with van der Waals surface area (Å²) in [6.07, 6.45) is 5.59. The highest BCUT2D eigenvalue weighted by molar-refractivity contribution is 5.02. The Labute approximate surface area is 98.3 Å². The van der Waals surface area contributed by atoms with Crippen LogP contribution in [0.3, 0.4) is 0 Å². The van der Waals surface area contributed by atoms with Crippen molar-refractivity contribution < 1.29 is 5.11 Å². The van der Waals surface area contributed by atoms with Crippen LogP contribution in [0.15, 0.2) is 12.2 Å². The lowest BCUT2D eigenvalue weighted by molar-refractivity contribution is -0.0937. The van der Waals surface area contributed by atoms with Gasteiger partial charge in [-0.1, -0.05) is 19.4 Å². The Morgan fingerprint density at radius 1 is 1.44 bits per heavy atom. The van der Waals surface area contributed by atoms with E-state index in [-0.39, 0.29) is 5.60 Å². The molecule has 1 saturated carbocycles. The molecule has 0 radical (unpaired) electrons. The summed E-state index contributed by atoms with van der Waals surface area (Å²) in [6.45, 7) is 7.46. The van der Waals surface area contributed by atoms with Gasteiger partial charge in [0.2, 0.25) is 0 Å². The lowest BCUT2D eigenvalue weighted by atomic mass is 9.71. The summed E-state index contributed by atoms with van der Waals surface area (Å²) in [5.74, 6) is 0.473. The number of fused-ring (bicyclic) bond motifs is 1. The van der Waals surface area contributed by atoms with E-state index in [9.17, 15) is 5.11 Å². The number of hydrogen-bond acceptors (Lipinski definition) is 3. The van der Waals surface area contributed by atoms with Crippen LogP contribution >= 0.6 is 0 Å². The van der Waals surface area contributed by atoms with Gasteiger partial charge in [0.05, 0.1) is 5.60 Å². The van der Waals surface area contributed by atoms with Gasteiger partial charge in [-0.05, 0) is 24.8 Å². The Balaban J connectivity index is 1.91. The van der Waals surface area contributed by atoms with Gasteiger partial charge in [-0.2, -0.15) is 0 Å². The topological polar surface area (TPSA) is 49.5 Å². The number of rotatable bonds is 3. The quantitative estimate of drug-likeness (QED) is 0.707. The first-order valence-electron chi connectivity index (χ1n) is 6.45. The van der Waals surface area contributed by atoms with Crippen LogP contribution in [0.2, 0.25) is 0 Å². The van der Waals surface area contributed by atoms with Gasteiger partial charge in [0, 0.05) is 32.1 Å². The van der Waals surface area contributed by atoms with E-state index < -0.39 is 0 Å². The second-order valence-electron chi connectivity index (χ2n) is 5.49. The molecule has 2 atom stereocenters. The van der Waals surface area contributed by atoms with Gasteiger partial charge in [0.1, 0.15) is 0 Å². The van der Waals surface area contributed by atoms with Gasteiger partial charge in [0.15, 0.2) is 0 Å². The molecule has 2 unspecified atom stereocenters. The molecule has 2 aliphatic rings. The maximum atomic E-state index is 10.5. The highest BCUT2D eigenvalue weighted by Gasteiger charge is 2.42. The molecule has 1 aliphatic heterocycles. The maximum Gasteiger partial charge on any atom is 0.0700 e. The Morgan fingerprint density at radius 2 is 2.25 bits per heavy atom. The smallest absolute Gasteiger partial charge is 0.0700 e. The zero-order valence-corrected chi connectivity index (χ0v) is 10.1. The van der Waals surface area contributed by atoms with Crippen LogP contribution in [0.25, 0.3) is 0 Å². The Kier molecular flexibility index (Phi) is 3.67. The molecule has 16 heavy (non-hydrogen) atoms. The van der Waals surface area contributed by atoms with E-state index >= 15 is 0 Å². The molecule has 0 aromatic rings. The summed E-state index contributed by atoms with van der Waals surface area (Å²) in [6, 6.07) is 0. The first-order valence-corrected chi connectivity index (χ1v) is 6.45. The zero-order chi connectivity index (χ0) is 11.6. The van der Waals surface area contributed by atoms with E-state index in [1.165, 1.54) is 19.3 Å². The lowest BCUT2D eigenvalue weighted by Crippen LogP contribution is -2.53. The highest BCUT2D eigenvalue weighted by Crippen LogP contribution is 2.39. The summed E-state index contributed by atoms with van der Waals surface area (Å²) in [5, 5.41) is 10.5. The SMILES string of the molecule is C=C(CN)CN1CCC2(O)CCCCC2C1. The fourth-order valence-corrected chi connectivity index (χ4v) is 3.16. The van der Waals surface area contributed by atoms with Crippen molar-refractivity contribution in [2.45, 2.75) is 37.7 Å². The molecule has 0 aromatic carbocycles. The minimum Gasteiger partial charge on any atom is -0.390 e. The first kappa shape index (κ1) is 12.1. The minimum atomic E-state index is -0.362. The summed E-state index contributed by atoms with van der Waals surface area (Å²) in [4.78, 5) is 2.40. The van der Waals surface area contributed by atoms with Crippen molar-refractivity contribution in [3.05, 3.63) is 12.2 Å². The third-order valence-electron chi connectivity index (χ3n) is 4.25.